The monoisotopic (exact) mass is 1620 g/mol. The number of likely N-dealkylation sites (N-methyl/N-ethyl adjacent to an activating group) is 4. The minimum absolute atomic E-state index is 0.0626. The molecule has 30 nitrogen and oxygen atoms in total. The van der Waals surface area contributed by atoms with Crippen LogP contribution in [0.1, 0.15) is 195 Å². The minimum atomic E-state index is -4.07. The number of methoxy groups -OCH3 is 2. The summed E-state index contributed by atoms with van der Waals surface area (Å²) in [5.74, 6) is -5.62. The van der Waals surface area contributed by atoms with Gasteiger partial charge >= 0.3 is 11.9 Å². The SMILES string of the molecule is CC[C@H]1OC(=O)[C@H](C)[C@@H](O[C@H]2C[C@@](C)(OC)[C@@H](O)[C@H](C)O2)[C@H](C)[C@@H](O[C@@H]2O[C@H](C)C[C@H](N(C)S(=O)(=O)c3ccc(C)cc3)[C@H]2O)[C@](C)(O)C[C@@H](C)CN(C)[C@H](C)[C@@H](O)[C@]1(C)O.CC[C@H]1OC(=O)[C@H](C)[C@@H](O[C@H]2C[C@@](C)(OC)[C@@H](O)[C@H](C)O2)[C@H](C)[C@@H](O[C@@H]2O[C@H](C)C[C@H](NC)[C@H]2O)[C@](C)(O)C[C@@H](C)CN(C)[C@H](C)[C@@H](O)[C@]1(C)O. The molecule has 0 spiro atoms. The van der Waals surface area contributed by atoms with Crippen LogP contribution in [0.3, 0.4) is 0 Å². The van der Waals surface area contributed by atoms with Crippen molar-refractivity contribution >= 4 is 22.0 Å². The Bertz CT molecular complexity index is 3220. The highest BCUT2D eigenvalue weighted by molar-refractivity contribution is 7.89. The molecule has 6 fully saturated rings. The third kappa shape index (κ3) is 22.6. The summed E-state index contributed by atoms with van der Waals surface area (Å²) in [5, 5.41) is 120. The summed E-state index contributed by atoms with van der Waals surface area (Å²) >= 11 is 0. The maximum Gasteiger partial charge on any atom is 0.311 e. The Morgan fingerprint density at radius 2 is 0.911 bits per heavy atom. The predicted molar refractivity (Wildman–Crippen MR) is 416 cm³/mol. The van der Waals surface area contributed by atoms with Crippen LogP contribution >= 0.6 is 0 Å². The van der Waals surface area contributed by atoms with E-state index in [4.69, 9.17) is 56.8 Å². The number of rotatable bonds is 16. The third-order valence-electron chi connectivity index (χ3n) is 25.7. The van der Waals surface area contributed by atoms with Gasteiger partial charge in [-0.3, -0.25) is 9.59 Å². The van der Waals surface area contributed by atoms with Crippen LogP contribution < -0.4 is 5.32 Å². The summed E-state index contributed by atoms with van der Waals surface area (Å²) in [5.41, 5.74) is -8.15. The van der Waals surface area contributed by atoms with Gasteiger partial charge in [0, 0.05) is 77.2 Å². The summed E-state index contributed by atoms with van der Waals surface area (Å²) in [6.45, 7) is 37.2. The number of ether oxygens (including phenoxy) is 12. The van der Waals surface area contributed by atoms with Crippen molar-refractivity contribution in [3.8, 4) is 0 Å². The van der Waals surface area contributed by atoms with E-state index in [0.717, 1.165) is 9.87 Å². The van der Waals surface area contributed by atoms with Gasteiger partial charge in [-0.15, -0.1) is 0 Å². The second-order valence-electron chi connectivity index (χ2n) is 35.6. The molecule has 6 saturated heterocycles. The molecule has 652 valence electrons. The highest BCUT2D eigenvalue weighted by atomic mass is 32.2. The van der Waals surface area contributed by atoms with Crippen molar-refractivity contribution < 1.29 is 126 Å². The molecule has 7 rings (SSSR count). The number of hydrogen-bond acceptors (Lipinski definition) is 29. The predicted octanol–water partition coefficient (Wildman–Crippen LogP) is 4.53. The Kier molecular flexibility index (Phi) is 34.6. The lowest BCUT2D eigenvalue weighted by Gasteiger charge is -2.48. The molecule has 6 aliphatic heterocycles. The Labute approximate surface area is 667 Å². The topological polar surface area (TPSA) is 403 Å². The maximum atomic E-state index is 14.4. The van der Waals surface area contributed by atoms with Crippen LogP contribution in [0, 0.1) is 42.4 Å². The fraction of sp³-hybridized carbons (Fsp3) is 0.901. The smallest absolute Gasteiger partial charge is 0.311 e. The van der Waals surface area contributed by atoms with E-state index in [1.54, 1.807) is 123 Å². The number of benzene rings is 1. The molecule has 0 unspecified atom stereocenters. The van der Waals surface area contributed by atoms with Gasteiger partial charge in [0.05, 0.1) is 94.0 Å². The number of nitrogens with one attached hydrogen (secondary N) is 1. The maximum absolute atomic E-state index is 14.4. The van der Waals surface area contributed by atoms with Gasteiger partial charge in [-0.25, -0.2) is 8.42 Å². The van der Waals surface area contributed by atoms with Crippen molar-refractivity contribution in [3.05, 3.63) is 29.8 Å². The molecule has 11 N–H and O–H groups in total. The lowest BCUT2D eigenvalue weighted by atomic mass is 9.77. The molecule has 1 aromatic rings. The van der Waals surface area contributed by atoms with Crippen molar-refractivity contribution in [2.45, 2.75) is 382 Å². The van der Waals surface area contributed by atoms with E-state index in [0.29, 0.717) is 19.5 Å². The van der Waals surface area contributed by atoms with E-state index in [1.807, 2.05) is 51.5 Å². The number of aliphatic hydroxyl groups is 10. The van der Waals surface area contributed by atoms with Crippen LogP contribution in [0.2, 0.25) is 0 Å². The van der Waals surface area contributed by atoms with Crippen molar-refractivity contribution in [3.63, 3.8) is 0 Å². The Morgan fingerprint density at radius 1 is 0.545 bits per heavy atom. The molecular formula is C81H146N4O26S. The third-order valence-corrected chi connectivity index (χ3v) is 27.6. The van der Waals surface area contributed by atoms with Crippen LogP contribution in [-0.4, -0.2) is 322 Å². The number of nitrogens with zero attached hydrogens (tertiary/aromatic N) is 3. The molecule has 0 bridgehead atoms. The van der Waals surface area contributed by atoms with Crippen LogP contribution in [0.4, 0.5) is 0 Å². The highest BCUT2D eigenvalue weighted by Gasteiger charge is 2.57. The summed E-state index contributed by atoms with van der Waals surface area (Å²) in [6, 6.07) is 3.99. The van der Waals surface area contributed by atoms with Gasteiger partial charge in [0.15, 0.2) is 25.2 Å². The quantitative estimate of drug-likeness (QED) is 0.101. The van der Waals surface area contributed by atoms with Crippen LogP contribution in [-0.2, 0) is 76.5 Å². The molecule has 0 radical (unpaired) electrons. The number of carbonyl (C=O) groups excluding carboxylic acids is 2. The lowest BCUT2D eigenvalue weighted by Crippen LogP contribution is -2.61. The summed E-state index contributed by atoms with van der Waals surface area (Å²) in [4.78, 5) is 32.4. The van der Waals surface area contributed by atoms with Gasteiger partial charge in [-0.2, -0.15) is 4.31 Å². The number of aliphatic hydroxyl groups excluding tert-OH is 6. The van der Waals surface area contributed by atoms with Gasteiger partial charge in [-0.05, 0) is 187 Å². The summed E-state index contributed by atoms with van der Waals surface area (Å²) in [6.07, 6.45) is -18.9. The van der Waals surface area contributed by atoms with Gasteiger partial charge in [0.1, 0.15) is 60.0 Å². The normalized spacial score (nSPS) is 47.0. The number of sulfonamides is 1. The average molecular weight is 1620 g/mol. The molecule has 0 aliphatic carbocycles. The second kappa shape index (κ2) is 39.6. The lowest BCUT2D eigenvalue weighted by molar-refractivity contribution is -0.317. The molecule has 0 aromatic heterocycles. The van der Waals surface area contributed by atoms with E-state index in [9.17, 15) is 69.1 Å². The zero-order chi connectivity index (χ0) is 85.0. The minimum Gasteiger partial charge on any atom is -0.459 e. The van der Waals surface area contributed by atoms with Gasteiger partial charge in [0.2, 0.25) is 10.0 Å². The van der Waals surface area contributed by atoms with Gasteiger partial charge < -0.3 is 123 Å². The Morgan fingerprint density at radius 3 is 1.27 bits per heavy atom. The number of esters is 2. The molecule has 36 atom stereocenters. The van der Waals surface area contributed by atoms with E-state index in [2.05, 4.69) is 5.32 Å². The molecular weight excluding hydrogens is 1480 g/mol. The molecule has 6 heterocycles. The standard InChI is InChI=1S/C44H76N2O14S.C37H70N2O12/c1-15-33-44(11,52)37(48)29(7)45(12)23-25(3)21-42(9,51)39(27(5)36(28(6)40(50)58-33)59-34-22-43(10,55-14)38(49)30(8)57-34)60-41-35(47)32(20-26(4)56-41)46(13)61(53,54)31-18-16-24(2)17-19-31;1-14-26-37(10,45)30(41)23(6)39(12)18-19(2)16-35(8,44)32(51-34-28(40)25(38-11)15-20(3)47-34)21(4)29(22(5)33(43)49-26)50-27-17-36(9,46-13)31(42)24(7)48-27/h16-19,25-30,32-39,41,47-49,51-52H,15,20-23H2,1-14H3;19-32,34,38,40-42,44-45H,14-18H2,1-13H3/t25-,26-,27+,28-,29-,30+,32+,33-,34+,35-,36+,37-,38+,39-,41+,42-,43-,44-;19-,20-,21+,22-,23-,24+,25+,26-,27+,28-,29+,30-,31+,32-,34+,35-,36-,37-/m11/s1. The van der Waals surface area contributed by atoms with E-state index in [-0.39, 0.29) is 73.8 Å². The molecule has 0 saturated carbocycles. The second-order valence-corrected chi connectivity index (χ2v) is 37.6. The zero-order valence-corrected chi connectivity index (χ0v) is 72.8. The number of carbonyl (C=O) groups is 2. The number of aryl methyl sites for hydroxylation is 1. The molecule has 31 heteroatoms. The molecule has 6 aliphatic rings. The largest absolute Gasteiger partial charge is 0.459 e. The van der Waals surface area contributed by atoms with Crippen molar-refractivity contribution in [2.75, 3.05) is 55.5 Å². The van der Waals surface area contributed by atoms with Crippen molar-refractivity contribution in [1.29, 1.82) is 0 Å². The zero-order valence-electron chi connectivity index (χ0n) is 72.0. The first-order valence-electron chi connectivity index (χ1n) is 40.5. The first-order valence-corrected chi connectivity index (χ1v) is 42.0. The molecule has 0 amide bonds. The molecule has 1 aromatic carbocycles. The first-order chi connectivity index (χ1) is 51.7. The first kappa shape index (κ1) is 98.0. The summed E-state index contributed by atoms with van der Waals surface area (Å²) < 4.78 is 104. The Balaban J connectivity index is 0.000000355. The van der Waals surface area contributed by atoms with Crippen LogP contribution in [0.15, 0.2) is 29.2 Å². The number of hydrogen-bond donors (Lipinski definition) is 11. The fourth-order valence-electron chi connectivity index (χ4n) is 18.2. The van der Waals surface area contributed by atoms with Crippen LogP contribution in [0.25, 0.3) is 0 Å². The highest BCUT2D eigenvalue weighted by Crippen LogP contribution is 2.44. The van der Waals surface area contributed by atoms with Crippen molar-refractivity contribution in [1.82, 2.24) is 19.4 Å². The fourth-order valence-corrected chi connectivity index (χ4v) is 19.6. The number of cyclic esters (lactones) is 2. The molecule has 112 heavy (non-hydrogen) atoms. The van der Waals surface area contributed by atoms with Gasteiger partial charge in [0.25, 0.3) is 0 Å². The van der Waals surface area contributed by atoms with E-state index < -0.39 is 214 Å². The Hall–Kier alpha value is -2.85. The van der Waals surface area contributed by atoms with Crippen molar-refractivity contribution in [2.24, 2.45) is 35.5 Å². The van der Waals surface area contributed by atoms with E-state index >= 15 is 0 Å². The summed E-state index contributed by atoms with van der Waals surface area (Å²) in [7, 11) is 5.71. The van der Waals surface area contributed by atoms with E-state index in [1.165, 1.54) is 47.2 Å². The van der Waals surface area contributed by atoms with Gasteiger partial charge in [-0.1, -0.05) is 59.2 Å². The average Bonchev–Trinajstić information content (AvgIpc) is 1.10. The van der Waals surface area contributed by atoms with Crippen LogP contribution in [0.5, 0.6) is 0 Å².